The third-order valence-electron chi connectivity index (χ3n) is 5.82. The Hall–Kier alpha value is -3.00. The standard InChI is InChI=1S/C27H28O6S/c1-26(2)31-15-27(3,16-32-26)25(30)33-24-22(17-5-9-19(28)10-6-17)13-21(34-4)14-23(24)18-7-11-20(29)12-8-18/h5-14,28-29H,15-16H2,1-4H3. The van der Waals surface area contributed by atoms with Gasteiger partial charge in [0.25, 0.3) is 0 Å². The highest BCUT2D eigenvalue weighted by Gasteiger charge is 2.44. The topological polar surface area (TPSA) is 85.2 Å². The Balaban J connectivity index is 1.83. The van der Waals surface area contributed by atoms with Crippen molar-refractivity contribution >= 4 is 17.7 Å². The first kappa shape index (κ1) is 24.1. The van der Waals surface area contributed by atoms with Crippen LogP contribution < -0.4 is 4.74 Å². The first-order valence-corrected chi connectivity index (χ1v) is 12.1. The summed E-state index contributed by atoms with van der Waals surface area (Å²) in [7, 11) is 0. The van der Waals surface area contributed by atoms with Crippen LogP contribution in [0.4, 0.5) is 0 Å². The second-order valence-corrected chi connectivity index (χ2v) is 9.95. The molecule has 0 aliphatic carbocycles. The second kappa shape index (κ2) is 9.33. The SMILES string of the molecule is CSc1cc(-c2ccc(O)cc2)c(OC(=O)C2(C)COC(C)(C)OC2)c(-c2ccc(O)cc2)c1. The summed E-state index contributed by atoms with van der Waals surface area (Å²) in [5.74, 6) is -0.527. The Labute approximate surface area is 203 Å². The number of ether oxygens (including phenoxy) is 3. The van der Waals surface area contributed by atoms with Crippen molar-refractivity contribution in [3.05, 3.63) is 60.7 Å². The summed E-state index contributed by atoms with van der Waals surface area (Å²) < 4.78 is 17.6. The van der Waals surface area contributed by atoms with Crippen LogP contribution in [0.3, 0.4) is 0 Å². The molecular formula is C27H28O6S. The second-order valence-electron chi connectivity index (χ2n) is 9.07. The van der Waals surface area contributed by atoms with Crippen molar-refractivity contribution in [3.63, 3.8) is 0 Å². The van der Waals surface area contributed by atoms with Crippen molar-refractivity contribution in [1.29, 1.82) is 0 Å². The lowest BCUT2D eigenvalue weighted by atomic mass is 9.91. The fraction of sp³-hybridized carbons (Fsp3) is 0.296. The smallest absolute Gasteiger partial charge is 0.321 e. The van der Waals surface area contributed by atoms with Crippen molar-refractivity contribution in [2.45, 2.75) is 31.5 Å². The summed E-state index contributed by atoms with van der Waals surface area (Å²) in [6, 6.07) is 17.4. The molecule has 34 heavy (non-hydrogen) atoms. The molecule has 3 aromatic rings. The molecule has 0 bridgehead atoms. The molecule has 0 unspecified atom stereocenters. The van der Waals surface area contributed by atoms with Gasteiger partial charge >= 0.3 is 5.97 Å². The lowest BCUT2D eigenvalue weighted by Crippen LogP contribution is -2.50. The van der Waals surface area contributed by atoms with E-state index in [2.05, 4.69) is 0 Å². The predicted octanol–water partition coefficient (Wildman–Crippen LogP) is 5.85. The monoisotopic (exact) mass is 480 g/mol. The Bertz CT molecular complexity index is 1110. The van der Waals surface area contributed by atoms with Crippen molar-refractivity contribution < 1.29 is 29.2 Å². The zero-order valence-electron chi connectivity index (χ0n) is 19.6. The Morgan fingerprint density at radius 1 is 0.853 bits per heavy atom. The number of hydrogen-bond donors (Lipinski definition) is 2. The zero-order chi connectivity index (χ0) is 24.5. The number of thioether (sulfide) groups is 1. The Kier molecular flexibility index (Phi) is 6.62. The first-order valence-electron chi connectivity index (χ1n) is 10.9. The molecule has 1 fully saturated rings. The molecule has 1 aliphatic rings. The van der Waals surface area contributed by atoms with E-state index in [4.69, 9.17) is 14.2 Å². The Morgan fingerprint density at radius 3 is 1.71 bits per heavy atom. The average Bonchev–Trinajstić information content (AvgIpc) is 2.82. The summed E-state index contributed by atoms with van der Waals surface area (Å²) in [4.78, 5) is 14.4. The normalized spacial score (nSPS) is 16.7. The van der Waals surface area contributed by atoms with E-state index in [0.717, 1.165) is 16.0 Å². The fourth-order valence-electron chi connectivity index (χ4n) is 3.62. The van der Waals surface area contributed by atoms with Crippen LogP contribution in [0.15, 0.2) is 65.6 Å². The van der Waals surface area contributed by atoms with Crippen LogP contribution in [0.25, 0.3) is 22.3 Å². The molecule has 0 radical (unpaired) electrons. The predicted molar refractivity (Wildman–Crippen MR) is 132 cm³/mol. The van der Waals surface area contributed by atoms with Gasteiger partial charge in [-0.05, 0) is 74.6 Å². The van der Waals surface area contributed by atoms with Gasteiger partial charge in [-0.2, -0.15) is 0 Å². The van der Waals surface area contributed by atoms with Gasteiger partial charge in [0.2, 0.25) is 0 Å². The third-order valence-corrected chi connectivity index (χ3v) is 6.53. The van der Waals surface area contributed by atoms with Crippen molar-refractivity contribution in [1.82, 2.24) is 0 Å². The van der Waals surface area contributed by atoms with E-state index in [1.807, 2.05) is 32.2 Å². The van der Waals surface area contributed by atoms with Crippen molar-refractivity contribution in [2.24, 2.45) is 5.41 Å². The molecule has 0 amide bonds. The molecule has 2 N–H and O–H groups in total. The van der Waals surface area contributed by atoms with Gasteiger partial charge in [0.1, 0.15) is 22.7 Å². The number of phenols is 2. The molecule has 3 aromatic carbocycles. The lowest BCUT2D eigenvalue weighted by molar-refractivity contribution is -0.279. The maximum absolute atomic E-state index is 13.5. The van der Waals surface area contributed by atoms with E-state index >= 15 is 0 Å². The zero-order valence-corrected chi connectivity index (χ0v) is 20.4. The number of phenolic OH excluding ortho intramolecular Hbond substituents is 2. The highest BCUT2D eigenvalue weighted by atomic mass is 32.2. The number of carbonyl (C=O) groups excluding carboxylic acids is 1. The van der Waals surface area contributed by atoms with Gasteiger partial charge in [-0.15, -0.1) is 11.8 Å². The molecule has 178 valence electrons. The fourth-order valence-corrected chi connectivity index (χ4v) is 4.10. The van der Waals surface area contributed by atoms with E-state index in [9.17, 15) is 15.0 Å². The summed E-state index contributed by atoms with van der Waals surface area (Å²) in [5.41, 5.74) is 2.03. The van der Waals surface area contributed by atoms with Crippen molar-refractivity contribution in [3.8, 4) is 39.5 Å². The largest absolute Gasteiger partial charge is 0.508 e. The lowest BCUT2D eigenvalue weighted by Gasteiger charge is -2.39. The van der Waals surface area contributed by atoms with Crippen LogP contribution in [0.5, 0.6) is 17.2 Å². The molecule has 1 saturated heterocycles. The minimum atomic E-state index is -0.980. The number of rotatable bonds is 5. The molecule has 0 spiro atoms. The van der Waals surface area contributed by atoms with Crippen LogP contribution in [0.2, 0.25) is 0 Å². The summed E-state index contributed by atoms with van der Waals surface area (Å²) in [6.07, 6.45) is 1.97. The van der Waals surface area contributed by atoms with E-state index in [-0.39, 0.29) is 24.7 Å². The van der Waals surface area contributed by atoms with Gasteiger partial charge in [-0.25, -0.2) is 0 Å². The van der Waals surface area contributed by atoms with Gasteiger partial charge in [0, 0.05) is 16.0 Å². The number of hydrogen-bond acceptors (Lipinski definition) is 7. The summed E-state index contributed by atoms with van der Waals surface area (Å²) >= 11 is 1.57. The molecule has 1 aliphatic heterocycles. The molecule has 6 nitrogen and oxygen atoms in total. The quantitative estimate of drug-likeness (QED) is 0.269. The van der Waals surface area contributed by atoms with Gasteiger partial charge in [-0.3, -0.25) is 4.79 Å². The average molecular weight is 481 g/mol. The highest BCUT2D eigenvalue weighted by Crippen LogP contribution is 2.44. The minimum Gasteiger partial charge on any atom is -0.508 e. The van der Waals surface area contributed by atoms with Crippen LogP contribution in [0.1, 0.15) is 20.8 Å². The summed E-state index contributed by atoms with van der Waals surface area (Å²) in [6.45, 7) is 5.73. The maximum Gasteiger partial charge on any atom is 0.321 e. The van der Waals surface area contributed by atoms with Gasteiger partial charge in [0.15, 0.2) is 5.79 Å². The number of esters is 1. The molecular weight excluding hydrogens is 452 g/mol. The maximum atomic E-state index is 13.5. The van der Waals surface area contributed by atoms with E-state index in [0.29, 0.717) is 16.9 Å². The number of benzene rings is 3. The molecule has 0 atom stereocenters. The molecule has 4 rings (SSSR count). The Morgan fingerprint density at radius 2 is 1.29 bits per heavy atom. The van der Waals surface area contributed by atoms with Crippen LogP contribution in [-0.2, 0) is 14.3 Å². The third kappa shape index (κ3) is 5.06. The first-order chi connectivity index (χ1) is 16.1. The molecule has 1 heterocycles. The van der Waals surface area contributed by atoms with Crippen LogP contribution in [-0.4, -0.2) is 41.4 Å². The van der Waals surface area contributed by atoms with E-state index < -0.39 is 17.2 Å². The van der Waals surface area contributed by atoms with E-state index in [1.165, 1.54) is 0 Å². The summed E-state index contributed by atoms with van der Waals surface area (Å²) in [5, 5.41) is 19.6. The number of aromatic hydroxyl groups is 2. The number of carbonyl (C=O) groups is 1. The molecule has 0 aromatic heterocycles. The van der Waals surface area contributed by atoms with Gasteiger partial charge in [0.05, 0.1) is 13.2 Å². The highest BCUT2D eigenvalue weighted by molar-refractivity contribution is 7.98. The van der Waals surface area contributed by atoms with Gasteiger partial charge < -0.3 is 24.4 Å². The van der Waals surface area contributed by atoms with Crippen LogP contribution >= 0.6 is 11.8 Å². The van der Waals surface area contributed by atoms with Gasteiger partial charge in [-0.1, -0.05) is 24.3 Å². The van der Waals surface area contributed by atoms with Crippen molar-refractivity contribution in [2.75, 3.05) is 19.5 Å². The minimum absolute atomic E-state index is 0.147. The van der Waals surface area contributed by atoms with E-state index in [1.54, 1.807) is 67.2 Å². The van der Waals surface area contributed by atoms with Crippen LogP contribution in [0, 0.1) is 5.41 Å². The molecule has 0 saturated carbocycles. The molecule has 7 heteroatoms.